The summed E-state index contributed by atoms with van der Waals surface area (Å²) in [6, 6.07) is 8.74. The summed E-state index contributed by atoms with van der Waals surface area (Å²) in [6.07, 6.45) is -3.41. The van der Waals surface area contributed by atoms with Gasteiger partial charge in [-0.3, -0.25) is 4.79 Å². The second-order valence-corrected chi connectivity index (χ2v) is 5.61. The van der Waals surface area contributed by atoms with E-state index in [0.717, 1.165) is 24.3 Å². The van der Waals surface area contributed by atoms with Crippen molar-refractivity contribution in [2.75, 3.05) is 5.32 Å². The molecule has 0 unspecified atom stereocenters. The van der Waals surface area contributed by atoms with E-state index in [-0.39, 0.29) is 23.9 Å². The fraction of sp³-hybridized carbons (Fsp3) is 0.111. The maximum absolute atomic E-state index is 13.5. The second kappa shape index (κ2) is 8.17. The van der Waals surface area contributed by atoms with Crippen LogP contribution >= 0.6 is 0 Å². The van der Waals surface area contributed by atoms with Gasteiger partial charge < -0.3 is 14.8 Å². The molecule has 0 radical (unpaired) electrons. The molecule has 152 valence electrons. The minimum atomic E-state index is -4.81. The molecule has 1 aromatic heterocycles. The molecule has 3 aromatic rings. The Kier molecular flexibility index (Phi) is 5.66. The molecule has 0 atom stereocenters. The number of nitrogens with one attached hydrogen (secondary N) is 1. The summed E-state index contributed by atoms with van der Waals surface area (Å²) in [5.74, 6) is -2.86. The minimum Gasteiger partial charge on any atom is -0.468 e. The Morgan fingerprint density at radius 1 is 1.07 bits per heavy atom. The van der Waals surface area contributed by atoms with Crippen molar-refractivity contribution in [2.24, 2.45) is 0 Å². The second-order valence-electron chi connectivity index (χ2n) is 5.61. The number of carbonyl (C=O) groups is 1. The smallest absolute Gasteiger partial charge is 0.468 e. The third-order valence-electron chi connectivity index (χ3n) is 3.47. The number of aromatic nitrogens is 2. The van der Waals surface area contributed by atoms with E-state index in [1.54, 1.807) is 0 Å². The molecule has 1 N–H and O–H groups in total. The number of carbonyl (C=O) groups excluding carboxylic acids is 1. The molecular formula is C18H12F5N3O3. The Morgan fingerprint density at radius 2 is 1.79 bits per heavy atom. The van der Waals surface area contributed by atoms with E-state index in [9.17, 15) is 26.7 Å². The molecule has 6 nitrogen and oxygen atoms in total. The highest BCUT2D eigenvalue weighted by Gasteiger charge is 2.31. The minimum absolute atomic E-state index is 0.0104. The predicted octanol–water partition coefficient (Wildman–Crippen LogP) is 4.35. The summed E-state index contributed by atoms with van der Waals surface area (Å²) in [4.78, 5) is 12.2. The number of ether oxygens (including phenoxy) is 2. The van der Waals surface area contributed by atoms with Crippen molar-refractivity contribution in [2.45, 2.75) is 13.1 Å². The Labute approximate surface area is 160 Å². The van der Waals surface area contributed by atoms with Crippen LogP contribution in [-0.2, 0) is 6.73 Å². The quantitative estimate of drug-likeness (QED) is 0.611. The van der Waals surface area contributed by atoms with Gasteiger partial charge in [-0.15, -0.1) is 13.2 Å². The van der Waals surface area contributed by atoms with E-state index in [2.05, 4.69) is 15.2 Å². The van der Waals surface area contributed by atoms with Crippen molar-refractivity contribution in [1.82, 2.24) is 9.78 Å². The molecule has 0 aliphatic carbocycles. The highest BCUT2D eigenvalue weighted by molar-refractivity contribution is 6.02. The molecule has 11 heteroatoms. The van der Waals surface area contributed by atoms with E-state index in [1.165, 1.54) is 29.1 Å². The molecule has 3 rings (SSSR count). The van der Waals surface area contributed by atoms with Crippen LogP contribution in [0.5, 0.6) is 11.5 Å². The van der Waals surface area contributed by atoms with Crippen molar-refractivity contribution < 1.29 is 36.2 Å². The summed E-state index contributed by atoms with van der Waals surface area (Å²) in [5.41, 5.74) is 0.215. The Balaban J connectivity index is 1.57. The summed E-state index contributed by atoms with van der Waals surface area (Å²) in [6.45, 7) is -0.237. The number of nitrogens with zero attached hydrogens (tertiary/aromatic N) is 2. The van der Waals surface area contributed by atoms with Crippen LogP contribution in [0.25, 0.3) is 0 Å². The van der Waals surface area contributed by atoms with Gasteiger partial charge in [0, 0.05) is 18.0 Å². The fourth-order valence-electron chi connectivity index (χ4n) is 2.22. The van der Waals surface area contributed by atoms with Gasteiger partial charge in [0.2, 0.25) is 0 Å². The molecule has 0 saturated heterocycles. The number of hydrogen-bond donors (Lipinski definition) is 1. The normalized spacial score (nSPS) is 11.2. The van der Waals surface area contributed by atoms with Crippen LogP contribution in [-0.4, -0.2) is 22.1 Å². The van der Waals surface area contributed by atoms with Gasteiger partial charge in [-0.25, -0.2) is 13.5 Å². The Morgan fingerprint density at radius 3 is 2.45 bits per heavy atom. The largest absolute Gasteiger partial charge is 0.573 e. The van der Waals surface area contributed by atoms with Gasteiger partial charge in [0.25, 0.3) is 5.91 Å². The van der Waals surface area contributed by atoms with Gasteiger partial charge in [-0.05, 0) is 42.5 Å². The lowest BCUT2D eigenvalue weighted by Crippen LogP contribution is -2.17. The van der Waals surface area contributed by atoms with Crippen molar-refractivity contribution in [3.05, 3.63) is 72.1 Å². The van der Waals surface area contributed by atoms with E-state index in [1.807, 2.05) is 0 Å². The average Bonchev–Trinajstić information content (AvgIpc) is 3.10. The first kappa shape index (κ1) is 20.1. The van der Waals surface area contributed by atoms with Gasteiger partial charge in [0.05, 0.1) is 0 Å². The zero-order valence-electron chi connectivity index (χ0n) is 14.4. The summed E-state index contributed by atoms with van der Waals surface area (Å²) in [7, 11) is 0. The van der Waals surface area contributed by atoms with E-state index >= 15 is 0 Å². The van der Waals surface area contributed by atoms with Crippen LogP contribution in [0.1, 0.15) is 10.5 Å². The molecule has 0 aliphatic rings. The first-order chi connectivity index (χ1) is 13.7. The molecule has 0 fully saturated rings. The highest BCUT2D eigenvalue weighted by atomic mass is 19.4. The number of anilines is 1. The molecular weight excluding hydrogens is 401 g/mol. The summed E-state index contributed by atoms with van der Waals surface area (Å²) in [5, 5.41) is 6.40. The molecule has 1 heterocycles. The first-order valence-electron chi connectivity index (χ1n) is 7.98. The number of rotatable bonds is 6. The van der Waals surface area contributed by atoms with Gasteiger partial charge in [-0.1, -0.05) is 0 Å². The zero-order valence-corrected chi connectivity index (χ0v) is 14.4. The standard InChI is InChI=1S/C18H12F5N3O3/c19-11-1-6-16(14(20)9-11)28-10-26-8-7-15(25-26)17(27)24-12-2-4-13(5-3-12)29-18(21,22)23/h1-9H,10H2,(H,24,27). The van der Waals surface area contributed by atoms with Crippen molar-refractivity contribution in [1.29, 1.82) is 0 Å². The van der Waals surface area contributed by atoms with Crippen LogP contribution in [0.4, 0.5) is 27.6 Å². The lowest BCUT2D eigenvalue weighted by molar-refractivity contribution is -0.274. The number of amides is 1. The van der Waals surface area contributed by atoms with Crippen LogP contribution in [0.15, 0.2) is 54.7 Å². The lowest BCUT2D eigenvalue weighted by atomic mass is 10.3. The third-order valence-corrected chi connectivity index (χ3v) is 3.47. The average molecular weight is 413 g/mol. The van der Waals surface area contributed by atoms with Crippen molar-refractivity contribution in [3.63, 3.8) is 0 Å². The maximum Gasteiger partial charge on any atom is 0.573 e. The van der Waals surface area contributed by atoms with Crippen LogP contribution < -0.4 is 14.8 Å². The third kappa shape index (κ3) is 5.67. The topological polar surface area (TPSA) is 65.4 Å². The van der Waals surface area contributed by atoms with Gasteiger partial charge >= 0.3 is 6.36 Å². The van der Waals surface area contributed by atoms with Gasteiger partial charge in [-0.2, -0.15) is 5.10 Å². The molecule has 0 bridgehead atoms. The highest BCUT2D eigenvalue weighted by Crippen LogP contribution is 2.24. The number of benzene rings is 2. The van der Waals surface area contributed by atoms with E-state index < -0.39 is 29.7 Å². The number of hydrogen-bond acceptors (Lipinski definition) is 4. The van der Waals surface area contributed by atoms with Crippen LogP contribution in [0.3, 0.4) is 0 Å². The zero-order chi connectivity index (χ0) is 21.0. The Bertz CT molecular complexity index is 1000. The summed E-state index contributed by atoms with van der Waals surface area (Å²) < 4.78 is 72.9. The summed E-state index contributed by atoms with van der Waals surface area (Å²) >= 11 is 0. The fourth-order valence-corrected chi connectivity index (χ4v) is 2.22. The van der Waals surface area contributed by atoms with Crippen molar-refractivity contribution in [3.8, 4) is 11.5 Å². The number of halogens is 5. The van der Waals surface area contributed by atoms with E-state index in [0.29, 0.717) is 6.07 Å². The van der Waals surface area contributed by atoms with Gasteiger partial charge in [0.1, 0.15) is 11.6 Å². The monoisotopic (exact) mass is 413 g/mol. The molecule has 0 aliphatic heterocycles. The molecule has 0 spiro atoms. The SMILES string of the molecule is O=C(Nc1ccc(OC(F)(F)F)cc1)c1ccn(COc2ccc(F)cc2F)n1. The number of alkyl halides is 3. The van der Waals surface area contributed by atoms with Crippen LogP contribution in [0.2, 0.25) is 0 Å². The molecule has 2 aromatic carbocycles. The molecule has 29 heavy (non-hydrogen) atoms. The maximum atomic E-state index is 13.5. The van der Waals surface area contributed by atoms with E-state index in [4.69, 9.17) is 4.74 Å². The Hall–Kier alpha value is -3.63. The predicted molar refractivity (Wildman–Crippen MR) is 90.3 cm³/mol. The molecule has 0 saturated carbocycles. The first-order valence-corrected chi connectivity index (χ1v) is 7.98. The van der Waals surface area contributed by atoms with Gasteiger partial charge in [0.15, 0.2) is 24.0 Å². The van der Waals surface area contributed by atoms with Crippen molar-refractivity contribution >= 4 is 11.6 Å². The molecule has 1 amide bonds. The van der Waals surface area contributed by atoms with Crippen LogP contribution in [0, 0.1) is 11.6 Å². The lowest BCUT2D eigenvalue weighted by Gasteiger charge is -2.09.